The number of aromatic nitrogens is 3. The highest BCUT2D eigenvalue weighted by atomic mass is 32.2. The molecule has 0 saturated heterocycles. The van der Waals surface area contributed by atoms with Crippen LogP contribution in [0.15, 0.2) is 59.9 Å². The molecule has 0 amide bonds. The van der Waals surface area contributed by atoms with E-state index in [4.69, 9.17) is 0 Å². The molecule has 1 N–H and O–H groups in total. The van der Waals surface area contributed by atoms with E-state index in [-0.39, 0.29) is 10.7 Å². The zero-order chi connectivity index (χ0) is 18.0. The van der Waals surface area contributed by atoms with Gasteiger partial charge in [-0.3, -0.25) is 14.1 Å². The van der Waals surface area contributed by atoms with E-state index in [9.17, 15) is 13.2 Å². The summed E-state index contributed by atoms with van der Waals surface area (Å²) in [6, 6.07) is 9.10. The van der Waals surface area contributed by atoms with Gasteiger partial charge in [0.1, 0.15) is 11.6 Å². The number of hydrogen-bond acceptors (Lipinski definition) is 5. The van der Waals surface area contributed by atoms with Crippen molar-refractivity contribution in [3.63, 3.8) is 0 Å². The van der Waals surface area contributed by atoms with Gasteiger partial charge in [0.2, 0.25) is 0 Å². The summed E-state index contributed by atoms with van der Waals surface area (Å²) in [7, 11) is -3.75. The second-order valence-electron chi connectivity index (χ2n) is 5.44. The molecule has 1 aromatic carbocycles. The molecule has 2 heterocycles. The number of carbonyl (C=O) groups excluding carboxylic acids is 1. The predicted molar refractivity (Wildman–Crippen MR) is 93.4 cm³/mol. The highest BCUT2D eigenvalue weighted by molar-refractivity contribution is 7.92. The highest BCUT2D eigenvalue weighted by Crippen LogP contribution is 2.17. The first-order valence-corrected chi connectivity index (χ1v) is 8.95. The molecule has 3 rings (SSSR count). The van der Waals surface area contributed by atoms with Crippen LogP contribution in [0, 0.1) is 6.92 Å². The number of ketones is 1. The first-order valence-electron chi connectivity index (χ1n) is 7.47. The van der Waals surface area contributed by atoms with Crippen molar-refractivity contribution in [3.05, 3.63) is 66.4 Å². The Morgan fingerprint density at radius 3 is 2.32 bits per heavy atom. The van der Waals surface area contributed by atoms with Gasteiger partial charge in [0, 0.05) is 18.0 Å². The summed E-state index contributed by atoms with van der Waals surface area (Å²) in [5.41, 5.74) is 0.804. The van der Waals surface area contributed by atoms with Crippen molar-refractivity contribution in [2.45, 2.75) is 18.7 Å². The van der Waals surface area contributed by atoms with Gasteiger partial charge in [0.15, 0.2) is 5.78 Å². The van der Waals surface area contributed by atoms with E-state index in [1.165, 1.54) is 37.4 Å². The van der Waals surface area contributed by atoms with Gasteiger partial charge in [-0.25, -0.2) is 18.4 Å². The average molecular weight is 356 g/mol. The van der Waals surface area contributed by atoms with Crippen LogP contribution in [-0.2, 0) is 10.0 Å². The maximum absolute atomic E-state index is 12.4. The Balaban J connectivity index is 1.81. The number of carbonyl (C=O) groups is 1. The van der Waals surface area contributed by atoms with Crippen LogP contribution in [0.5, 0.6) is 0 Å². The maximum Gasteiger partial charge on any atom is 0.261 e. The second kappa shape index (κ2) is 6.48. The zero-order valence-electron chi connectivity index (χ0n) is 13.7. The molecule has 128 valence electrons. The molecule has 25 heavy (non-hydrogen) atoms. The molecule has 0 saturated carbocycles. The van der Waals surface area contributed by atoms with Crippen LogP contribution >= 0.6 is 0 Å². The van der Waals surface area contributed by atoms with Gasteiger partial charge in [0.05, 0.1) is 16.8 Å². The number of anilines is 1. The smallest absolute Gasteiger partial charge is 0.261 e. The van der Waals surface area contributed by atoms with Gasteiger partial charge in [0.25, 0.3) is 10.0 Å². The lowest BCUT2D eigenvalue weighted by molar-refractivity contribution is 0.101. The SMILES string of the molecule is CC(=O)c1ccc(S(=O)(=O)Nc2ccc(-n3ccnc3C)nc2)cc1. The second-order valence-corrected chi connectivity index (χ2v) is 7.12. The van der Waals surface area contributed by atoms with Crippen LogP contribution in [0.4, 0.5) is 5.69 Å². The number of nitrogens with zero attached hydrogens (tertiary/aromatic N) is 3. The van der Waals surface area contributed by atoms with Crippen LogP contribution in [0.25, 0.3) is 5.82 Å². The minimum absolute atomic E-state index is 0.0760. The van der Waals surface area contributed by atoms with Crippen molar-refractivity contribution < 1.29 is 13.2 Å². The average Bonchev–Trinajstić information content (AvgIpc) is 3.01. The van der Waals surface area contributed by atoms with Crippen LogP contribution in [0.1, 0.15) is 23.1 Å². The number of Topliss-reactive ketones (excluding diaryl/α,β-unsaturated/α-hetero) is 1. The van der Waals surface area contributed by atoms with Crippen LogP contribution < -0.4 is 4.72 Å². The minimum Gasteiger partial charge on any atom is -0.295 e. The summed E-state index contributed by atoms with van der Waals surface area (Å²) < 4.78 is 29.1. The summed E-state index contributed by atoms with van der Waals surface area (Å²) >= 11 is 0. The minimum atomic E-state index is -3.75. The molecule has 0 aliphatic rings. The number of rotatable bonds is 5. The van der Waals surface area contributed by atoms with Gasteiger partial charge in [-0.05, 0) is 38.1 Å². The van der Waals surface area contributed by atoms with Crippen molar-refractivity contribution >= 4 is 21.5 Å². The van der Waals surface area contributed by atoms with E-state index < -0.39 is 10.0 Å². The molecule has 8 heteroatoms. The Morgan fingerprint density at radius 1 is 1.08 bits per heavy atom. The molecular weight excluding hydrogens is 340 g/mol. The Kier molecular flexibility index (Phi) is 4.37. The van der Waals surface area contributed by atoms with E-state index in [1.54, 1.807) is 29.1 Å². The summed E-state index contributed by atoms with van der Waals surface area (Å²) in [5, 5.41) is 0. The van der Waals surface area contributed by atoms with Gasteiger partial charge in [-0.1, -0.05) is 12.1 Å². The molecule has 2 aromatic heterocycles. The quantitative estimate of drug-likeness (QED) is 0.709. The summed E-state index contributed by atoms with van der Waals surface area (Å²) in [4.78, 5) is 19.7. The molecule has 0 fully saturated rings. The normalized spacial score (nSPS) is 11.3. The van der Waals surface area contributed by atoms with Crippen molar-refractivity contribution in [2.24, 2.45) is 0 Å². The zero-order valence-corrected chi connectivity index (χ0v) is 14.5. The van der Waals surface area contributed by atoms with Crippen molar-refractivity contribution in [3.8, 4) is 5.82 Å². The maximum atomic E-state index is 12.4. The molecule has 0 bridgehead atoms. The fraction of sp³-hybridized carbons (Fsp3) is 0.118. The molecule has 0 spiro atoms. The summed E-state index contributed by atoms with van der Waals surface area (Å²) in [5.74, 6) is 1.31. The first kappa shape index (κ1) is 16.8. The predicted octanol–water partition coefficient (Wildman–Crippen LogP) is 2.58. The molecule has 7 nitrogen and oxygen atoms in total. The molecule has 3 aromatic rings. The van der Waals surface area contributed by atoms with E-state index >= 15 is 0 Å². The van der Waals surface area contributed by atoms with Gasteiger partial charge >= 0.3 is 0 Å². The van der Waals surface area contributed by atoms with Gasteiger partial charge < -0.3 is 0 Å². The third kappa shape index (κ3) is 3.58. The van der Waals surface area contributed by atoms with Crippen molar-refractivity contribution in [1.82, 2.24) is 14.5 Å². The van der Waals surface area contributed by atoms with E-state index in [1.807, 2.05) is 6.92 Å². The van der Waals surface area contributed by atoms with Crippen LogP contribution in [0.2, 0.25) is 0 Å². The molecule has 0 unspecified atom stereocenters. The highest BCUT2D eigenvalue weighted by Gasteiger charge is 2.15. The summed E-state index contributed by atoms with van der Waals surface area (Å²) in [6.45, 7) is 3.28. The van der Waals surface area contributed by atoms with Crippen LogP contribution in [0.3, 0.4) is 0 Å². The third-order valence-electron chi connectivity index (χ3n) is 3.64. The lowest BCUT2D eigenvalue weighted by atomic mass is 10.2. The topological polar surface area (TPSA) is 94.0 Å². The van der Waals surface area contributed by atoms with Crippen molar-refractivity contribution in [1.29, 1.82) is 0 Å². The lowest BCUT2D eigenvalue weighted by Crippen LogP contribution is -2.13. The number of aryl methyl sites for hydroxylation is 1. The van der Waals surface area contributed by atoms with Crippen molar-refractivity contribution in [2.75, 3.05) is 4.72 Å². The van der Waals surface area contributed by atoms with Crippen LogP contribution in [-0.4, -0.2) is 28.7 Å². The number of pyridine rings is 1. The first-order chi connectivity index (χ1) is 11.9. The Bertz CT molecular complexity index is 1010. The number of imidazole rings is 1. The number of nitrogens with one attached hydrogen (secondary N) is 1. The molecule has 0 radical (unpaired) electrons. The Morgan fingerprint density at radius 2 is 1.80 bits per heavy atom. The number of hydrogen-bond donors (Lipinski definition) is 1. The summed E-state index contributed by atoms with van der Waals surface area (Å²) in [6.07, 6.45) is 4.88. The molecule has 0 aliphatic carbocycles. The number of benzene rings is 1. The molecule has 0 atom stereocenters. The van der Waals surface area contributed by atoms with Gasteiger partial charge in [-0.15, -0.1) is 0 Å². The third-order valence-corrected chi connectivity index (χ3v) is 5.04. The molecular formula is C17H16N4O3S. The Labute approximate surface area is 145 Å². The van der Waals surface area contributed by atoms with E-state index in [0.29, 0.717) is 17.1 Å². The largest absolute Gasteiger partial charge is 0.295 e. The standard InChI is InChI=1S/C17H16N4O3S/c1-12(22)14-3-6-16(7-4-14)25(23,24)20-15-5-8-17(19-11-15)21-10-9-18-13(21)2/h3-11,20H,1-2H3. The molecule has 0 aliphatic heterocycles. The van der Waals surface area contributed by atoms with E-state index in [0.717, 1.165) is 5.82 Å². The van der Waals surface area contributed by atoms with E-state index in [2.05, 4.69) is 14.7 Å². The monoisotopic (exact) mass is 356 g/mol. The Hall–Kier alpha value is -3.00. The lowest BCUT2D eigenvalue weighted by Gasteiger charge is -2.09. The number of sulfonamides is 1. The fourth-order valence-electron chi connectivity index (χ4n) is 2.29. The fourth-order valence-corrected chi connectivity index (χ4v) is 3.34. The van der Waals surface area contributed by atoms with Gasteiger partial charge in [-0.2, -0.15) is 0 Å².